The first-order chi connectivity index (χ1) is 14.9. The standard InChI is InChI=1S/C28H16OS/c1-3-12-24-20(8-1)23-16-18(15-17-7-5-13-25(29-24)27(17)23)19-10-6-11-22-21-9-2-4-14-26(21)30-28(19)22/h1-16H. The maximum atomic E-state index is 6.21. The maximum Gasteiger partial charge on any atom is 0.135 e. The lowest BCUT2D eigenvalue weighted by atomic mass is 9.90. The van der Waals surface area contributed by atoms with Crippen molar-refractivity contribution in [3.8, 4) is 33.8 Å². The Kier molecular flexibility index (Phi) is 3.21. The van der Waals surface area contributed by atoms with Gasteiger partial charge in [-0.15, -0.1) is 11.3 Å². The summed E-state index contributed by atoms with van der Waals surface area (Å²) in [6, 6.07) is 34.7. The molecule has 0 amide bonds. The second-order valence-electron chi connectivity index (χ2n) is 7.76. The first kappa shape index (κ1) is 16.2. The molecule has 1 aromatic heterocycles. The molecule has 1 aliphatic heterocycles. The van der Waals surface area contributed by atoms with Gasteiger partial charge in [-0.05, 0) is 52.4 Å². The van der Waals surface area contributed by atoms with Gasteiger partial charge in [-0.3, -0.25) is 0 Å². The largest absolute Gasteiger partial charge is 0.456 e. The first-order valence-electron chi connectivity index (χ1n) is 10.1. The van der Waals surface area contributed by atoms with Gasteiger partial charge in [0.15, 0.2) is 0 Å². The summed E-state index contributed by atoms with van der Waals surface area (Å²) in [4.78, 5) is 0. The van der Waals surface area contributed by atoms with Crippen LogP contribution in [0.15, 0.2) is 97.1 Å². The lowest BCUT2D eigenvalue weighted by Gasteiger charge is -2.22. The van der Waals surface area contributed by atoms with Crippen LogP contribution in [0.3, 0.4) is 0 Å². The van der Waals surface area contributed by atoms with Crippen molar-refractivity contribution < 1.29 is 4.74 Å². The number of ether oxygens (including phenoxy) is 1. The van der Waals surface area contributed by atoms with E-state index in [-0.39, 0.29) is 0 Å². The normalized spacial score (nSPS) is 12.3. The van der Waals surface area contributed by atoms with Crippen LogP contribution in [0.1, 0.15) is 0 Å². The Morgan fingerprint density at radius 2 is 1.33 bits per heavy atom. The van der Waals surface area contributed by atoms with Crippen LogP contribution >= 0.6 is 11.3 Å². The highest BCUT2D eigenvalue weighted by atomic mass is 32.1. The monoisotopic (exact) mass is 400 g/mol. The number of thiophene rings is 1. The maximum absolute atomic E-state index is 6.21. The molecule has 5 aromatic carbocycles. The van der Waals surface area contributed by atoms with Gasteiger partial charge in [0.25, 0.3) is 0 Å². The second kappa shape index (κ2) is 5.94. The van der Waals surface area contributed by atoms with E-state index in [1.807, 2.05) is 17.4 Å². The zero-order valence-corrected chi connectivity index (χ0v) is 16.9. The van der Waals surface area contributed by atoms with E-state index in [9.17, 15) is 0 Å². The molecule has 0 atom stereocenters. The van der Waals surface area contributed by atoms with Crippen molar-refractivity contribution >= 4 is 42.3 Å². The van der Waals surface area contributed by atoms with E-state index in [0.29, 0.717) is 0 Å². The molecule has 2 heterocycles. The average molecular weight is 401 g/mol. The minimum absolute atomic E-state index is 0.926. The van der Waals surface area contributed by atoms with Crippen LogP contribution in [0.5, 0.6) is 11.5 Å². The van der Waals surface area contributed by atoms with Crippen molar-refractivity contribution in [1.82, 2.24) is 0 Å². The summed E-state index contributed by atoms with van der Waals surface area (Å²) in [5.74, 6) is 1.86. The van der Waals surface area contributed by atoms with Gasteiger partial charge in [0.1, 0.15) is 11.5 Å². The Morgan fingerprint density at radius 3 is 2.33 bits per heavy atom. The molecule has 0 saturated carbocycles. The van der Waals surface area contributed by atoms with E-state index in [1.54, 1.807) is 0 Å². The third-order valence-electron chi connectivity index (χ3n) is 6.05. The fourth-order valence-corrected chi connectivity index (χ4v) is 5.96. The molecule has 0 N–H and O–H groups in total. The Balaban J connectivity index is 1.58. The lowest BCUT2D eigenvalue weighted by molar-refractivity contribution is 0.487. The number of benzene rings is 5. The van der Waals surface area contributed by atoms with Crippen LogP contribution in [0, 0.1) is 0 Å². The predicted molar refractivity (Wildman–Crippen MR) is 128 cm³/mol. The van der Waals surface area contributed by atoms with E-state index < -0.39 is 0 Å². The molecule has 0 fully saturated rings. The SMILES string of the molecule is c1ccc2c(c1)Oc1cccc3cc(-c4cccc5c4sc4ccccc45)cc-2c13. The second-order valence-corrected chi connectivity index (χ2v) is 8.81. The topological polar surface area (TPSA) is 9.23 Å². The summed E-state index contributed by atoms with van der Waals surface area (Å²) in [6.45, 7) is 0. The van der Waals surface area contributed by atoms with Crippen LogP contribution in [-0.4, -0.2) is 0 Å². The van der Waals surface area contributed by atoms with Gasteiger partial charge >= 0.3 is 0 Å². The van der Waals surface area contributed by atoms with Crippen LogP contribution in [-0.2, 0) is 0 Å². The highest BCUT2D eigenvalue weighted by molar-refractivity contribution is 7.26. The van der Waals surface area contributed by atoms with Gasteiger partial charge < -0.3 is 4.74 Å². The molecule has 2 heteroatoms. The molecule has 0 unspecified atom stereocenters. The third kappa shape index (κ3) is 2.17. The van der Waals surface area contributed by atoms with E-state index in [1.165, 1.54) is 47.6 Å². The Labute approximate surface area is 177 Å². The molecule has 0 spiro atoms. The van der Waals surface area contributed by atoms with Gasteiger partial charge in [0.05, 0.1) is 0 Å². The molecule has 30 heavy (non-hydrogen) atoms. The van der Waals surface area contributed by atoms with Crippen molar-refractivity contribution in [1.29, 1.82) is 0 Å². The first-order valence-corrected chi connectivity index (χ1v) is 10.9. The minimum atomic E-state index is 0.926. The van der Waals surface area contributed by atoms with Crippen LogP contribution in [0.4, 0.5) is 0 Å². The summed E-state index contributed by atoms with van der Waals surface area (Å²) < 4.78 is 8.89. The van der Waals surface area contributed by atoms with E-state index in [4.69, 9.17) is 4.74 Å². The van der Waals surface area contributed by atoms with Crippen molar-refractivity contribution in [3.05, 3.63) is 97.1 Å². The lowest BCUT2D eigenvalue weighted by Crippen LogP contribution is -1.97. The molecule has 1 nitrogen and oxygen atoms in total. The number of hydrogen-bond donors (Lipinski definition) is 0. The smallest absolute Gasteiger partial charge is 0.135 e. The summed E-state index contributed by atoms with van der Waals surface area (Å²) >= 11 is 1.88. The quantitative estimate of drug-likeness (QED) is 0.268. The summed E-state index contributed by atoms with van der Waals surface area (Å²) in [5.41, 5.74) is 4.95. The Morgan fingerprint density at radius 1 is 0.567 bits per heavy atom. The molecular weight excluding hydrogens is 384 g/mol. The highest BCUT2D eigenvalue weighted by Gasteiger charge is 2.21. The molecule has 0 radical (unpaired) electrons. The third-order valence-corrected chi connectivity index (χ3v) is 7.27. The number of rotatable bonds is 1. The van der Waals surface area contributed by atoms with Crippen molar-refractivity contribution in [2.45, 2.75) is 0 Å². The fourth-order valence-electron chi connectivity index (χ4n) is 4.72. The van der Waals surface area contributed by atoms with Crippen LogP contribution < -0.4 is 4.74 Å². The molecule has 1 aliphatic rings. The number of hydrogen-bond acceptors (Lipinski definition) is 2. The fraction of sp³-hybridized carbons (Fsp3) is 0. The summed E-state index contributed by atoms with van der Waals surface area (Å²) in [6.07, 6.45) is 0. The Hall–Kier alpha value is -3.62. The van der Waals surface area contributed by atoms with Gasteiger partial charge in [0.2, 0.25) is 0 Å². The zero-order chi connectivity index (χ0) is 19.7. The van der Waals surface area contributed by atoms with Crippen molar-refractivity contribution in [2.75, 3.05) is 0 Å². The molecule has 0 aliphatic carbocycles. The van der Waals surface area contributed by atoms with Gasteiger partial charge in [-0.25, -0.2) is 0 Å². The van der Waals surface area contributed by atoms with Crippen molar-refractivity contribution in [3.63, 3.8) is 0 Å². The molecular formula is C28H16OS. The summed E-state index contributed by atoms with van der Waals surface area (Å²) in [7, 11) is 0. The van der Waals surface area contributed by atoms with Crippen LogP contribution in [0.2, 0.25) is 0 Å². The molecule has 0 bridgehead atoms. The number of fused-ring (bicyclic) bond motifs is 5. The van der Waals surface area contributed by atoms with Gasteiger partial charge in [-0.1, -0.05) is 66.7 Å². The van der Waals surface area contributed by atoms with Gasteiger partial charge in [0, 0.05) is 31.1 Å². The Bertz CT molecular complexity index is 1620. The highest BCUT2D eigenvalue weighted by Crippen LogP contribution is 2.49. The van der Waals surface area contributed by atoms with E-state index in [2.05, 4.69) is 91.0 Å². The number of para-hydroxylation sites is 1. The molecule has 6 aromatic rings. The zero-order valence-electron chi connectivity index (χ0n) is 16.1. The molecule has 140 valence electrons. The molecule has 7 rings (SSSR count). The molecule has 0 saturated heterocycles. The van der Waals surface area contributed by atoms with E-state index in [0.717, 1.165) is 17.1 Å². The van der Waals surface area contributed by atoms with E-state index >= 15 is 0 Å². The minimum Gasteiger partial charge on any atom is -0.456 e. The summed E-state index contributed by atoms with van der Waals surface area (Å²) in [5, 5.41) is 5.08. The van der Waals surface area contributed by atoms with Crippen molar-refractivity contribution in [2.24, 2.45) is 0 Å². The predicted octanol–water partition coefficient (Wildman–Crippen LogP) is 8.65. The van der Waals surface area contributed by atoms with Crippen LogP contribution in [0.25, 0.3) is 53.2 Å². The average Bonchev–Trinajstić information content (AvgIpc) is 3.18. The van der Waals surface area contributed by atoms with Gasteiger partial charge in [-0.2, -0.15) is 0 Å².